The van der Waals surface area contributed by atoms with Gasteiger partial charge in [-0.2, -0.15) is 0 Å². The number of benzene rings is 2. The van der Waals surface area contributed by atoms with Gasteiger partial charge in [-0.05, 0) is 49.7 Å². The largest absolute Gasteiger partial charge is 0.494 e. The van der Waals surface area contributed by atoms with Crippen molar-refractivity contribution in [3.05, 3.63) is 53.3 Å². The van der Waals surface area contributed by atoms with Crippen LogP contribution in [0.2, 0.25) is 0 Å². The van der Waals surface area contributed by atoms with Crippen LogP contribution in [-0.2, 0) is 11.3 Å². The van der Waals surface area contributed by atoms with Crippen molar-refractivity contribution in [3.8, 4) is 5.75 Å². The molecule has 8 heteroatoms. The summed E-state index contributed by atoms with van der Waals surface area (Å²) in [5.41, 5.74) is 0.880. The van der Waals surface area contributed by atoms with Crippen molar-refractivity contribution in [1.82, 2.24) is 5.32 Å². The molecule has 1 aliphatic rings. The van der Waals surface area contributed by atoms with Gasteiger partial charge in [0.25, 0.3) is 5.91 Å². The maximum atomic E-state index is 13.5. The van der Waals surface area contributed by atoms with E-state index in [0.29, 0.717) is 22.5 Å². The number of fused-ring (bicyclic) bond motifs is 1. The highest BCUT2D eigenvalue weighted by Gasteiger charge is 2.37. The van der Waals surface area contributed by atoms with Crippen LogP contribution in [-0.4, -0.2) is 35.7 Å². The highest BCUT2D eigenvalue weighted by Crippen LogP contribution is 2.30. The first-order valence-corrected chi connectivity index (χ1v) is 8.73. The molecule has 7 nitrogen and oxygen atoms in total. The van der Waals surface area contributed by atoms with Crippen molar-refractivity contribution in [1.29, 1.82) is 0 Å². The molecule has 2 aromatic carbocycles. The summed E-state index contributed by atoms with van der Waals surface area (Å²) in [6.45, 7) is 3.28. The third kappa shape index (κ3) is 4.07. The molecule has 3 rings (SSSR count). The summed E-state index contributed by atoms with van der Waals surface area (Å²) in [6.07, 6.45) is 0. The quantitative estimate of drug-likeness (QED) is 0.631. The fourth-order valence-corrected chi connectivity index (χ4v) is 2.94. The second kappa shape index (κ2) is 7.47. The third-order valence-corrected chi connectivity index (χ3v) is 4.48. The van der Waals surface area contributed by atoms with Crippen LogP contribution in [0.15, 0.2) is 36.4 Å². The van der Waals surface area contributed by atoms with Crippen molar-refractivity contribution in [3.63, 3.8) is 0 Å². The van der Waals surface area contributed by atoms with Crippen LogP contribution in [0.25, 0.3) is 0 Å². The lowest BCUT2D eigenvalue weighted by atomic mass is 9.95. The zero-order valence-corrected chi connectivity index (χ0v) is 15.8. The smallest absolute Gasteiger partial charge is 0.251 e. The predicted octanol–water partition coefficient (Wildman–Crippen LogP) is 2.27. The minimum atomic E-state index is -1.24. The first-order chi connectivity index (χ1) is 13.2. The molecule has 28 heavy (non-hydrogen) atoms. The molecule has 1 aliphatic heterocycles. The lowest BCUT2D eigenvalue weighted by Crippen LogP contribution is -2.52. The molecular weight excluding hydrogens is 365 g/mol. The van der Waals surface area contributed by atoms with Crippen molar-refractivity contribution < 1.29 is 23.8 Å². The number of halogens is 1. The number of anilines is 2. The van der Waals surface area contributed by atoms with E-state index >= 15 is 0 Å². The van der Waals surface area contributed by atoms with E-state index in [1.807, 2.05) is 0 Å². The number of amides is 2. The molecule has 2 aromatic rings. The Morgan fingerprint density at radius 2 is 2.00 bits per heavy atom. The Morgan fingerprint density at radius 3 is 2.68 bits per heavy atom. The van der Waals surface area contributed by atoms with E-state index in [0.717, 1.165) is 0 Å². The molecule has 4 N–H and O–H groups in total. The second-order valence-electron chi connectivity index (χ2n) is 7.13. The summed E-state index contributed by atoms with van der Waals surface area (Å²) < 4.78 is 18.4. The van der Waals surface area contributed by atoms with E-state index in [1.54, 1.807) is 38.1 Å². The number of aliphatic hydroxyl groups is 1. The van der Waals surface area contributed by atoms with Crippen molar-refractivity contribution in [2.24, 2.45) is 0 Å². The molecule has 1 atom stereocenters. The van der Waals surface area contributed by atoms with Crippen LogP contribution in [0.3, 0.4) is 0 Å². The van der Waals surface area contributed by atoms with Crippen molar-refractivity contribution in [2.45, 2.75) is 32.0 Å². The summed E-state index contributed by atoms with van der Waals surface area (Å²) in [5.74, 6) is -1.09. The van der Waals surface area contributed by atoms with Gasteiger partial charge in [0.2, 0.25) is 5.91 Å². The molecule has 1 heterocycles. The van der Waals surface area contributed by atoms with Crippen LogP contribution in [0, 0.1) is 5.82 Å². The first kappa shape index (κ1) is 19.6. The Hall–Kier alpha value is -3.13. The molecule has 0 saturated carbocycles. The minimum absolute atomic E-state index is 0.107. The van der Waals surface area contributed by atoms with Gasteiger partial charge in [0.1, 0.15) is 6.04 Å². The fraction of sp³-hybridized carbons (Fsp3) is 0.300. The molecule has 0 spiro atoms. The lowest BCUT2D eigenvalue weighted by Gasteiger charge is -2.34. The fourth-order valence-electron chi connectivity index (χ4n) is 2.94. The van der Waals surface area contributed by atoms with Gasteiger partial charge in [-0.1, -0.05) is 6.07 Å². The normalized spacial score (nSPS) is 15.9. The average molecular weight is 387 g/mol. The maximum absolute atomic E-state index is 13.5. The number of hydrogen-bond donors (Lipinski definition) is 4. The number of hydrogen-bond acceptors (Lipinski definition) is 5. The van der Waals surface area contributed by atoms with Gasteiger partial charge in [0.15, 0.2) is 11.6 Å². The predicted molar refractivity (Wildman–Crippen MR) is 103 cm³/mol. The Kier molecular flexibility index (Phi) is 5.24. The molecule has 148 valence electrons. The molecule has 0 aliphatic carbocycles. The van der Waals surface area contributed by atoms with Crippen molar-refractivity contribution in [2.75, 3.05) is 17.7 Å². The Morgan fingerprint density at radius 1 is 1.25 bits per heavy atom. The summed E-state index contributed by atoms with van der Waals surface area (Å²) >= 11 is 0. The van der Waals surface area contributed by atoms with Crippen LogP contribution < -0.4 is 20.7 Å². The molecular formula is C20H22FN3O4. The molecule has 0 radical (unpaired) electrons. The van der Waals surface area contributed by atoms with Gasteiger partial charge in [-0.15, -0.1) is 0 Å². The van der Waals surface area contributed by atoms with Crippen molar-refractivity contribution >= 4 is 23.2 Å². The first-order valence-electron chi connectivity index (χ1n) is 8.73. The number of rotatable bonds is 5. The summed E-state index contributed by atoms with van der Waals surface area (Å²) in [5, 5.41) is 18.5. The van der Waals surface area contributed by atoms with E-state index in [4.69, 9.17) is 4.74 Å². The zero-order chi connectivity index (χ0) is 20.5. The second-order valence-corrected chi connectivity index (χ2v) is 7.13. The summed E-state index contributed by atoms with van der Waals surface area (Å²) in [4.78, 5) is 24.6. The van der Waals surface area contributed by atoms with Gasteiger partial charge in [-0.3, -0.25) is 9.59 Å². The van der Waals surface area contributed by atoms with E-state index in [1.165, 1.54) is 19.2 Å². The van der Waals surface area contributed by atoms with Crippen LogP contribution in [0.1, 0.15) is 29.8 Å². The lowest BCUT2D eigenvalue weighted by molar-refractivity contribution is -0.121. The van der Waals surface area contributed by atoms with Crippen LogP contribution in [0.5, 0.6) is 5.75 Å². The molecule has 0 fully saturated rings. The van der Waals surface area contributed by atoms with Gasteiger partial charge < -0.3 is 25.8 Å². The Bertz CT molecular complexity index is 924. The van der Waals surface area contributed by atoms with Gasteiger partial charge in [-0.25, -0.2) is 4.39 Å². The van der Waals surface area contributed by atoms with E-state index in [-0.39, 0.29) is 24.1 Å². The summed E-state index contributed by atoms with van der Waals surface area (Å²) in [7, 11) is 1.37. The average Bonchev–Trinajstić information content (AvgIpc) is 2.65. The number of carbonyl (C=O) groups is 2. The monoisotopic (exact) mass is 387 g/mol. The highest BCUT2D eigenvalue weighted by molar-refractivity contribution is 6.05. The third-order valence-electron chi connectivity index (χ3n) is 4.48. The molecule has 0 aromatic heterocycles. The van der Waals surface area contributed by atoms with Gasteiger partial charge in [0, 0.05) is 12.1 Å². The van der Waals surface area contributed by atoms with Crippen LogP contribution >= 0.6 is 0 Å². The Balaban J connectivity index is 1.71. The number of ether oxygens (including phenoxy) is 1. The van der Waals surface area contributed by atoms with Gasteiger partial charge >= 0.3 is 0 Å². The van der Waals surface area contributed by atoms with E-state index in [9.17, 15) is 19.1 Å². The Labute approximate surface area is 161 Å². The number of nitrogens with one attached hydrogen (secondary N) is 3. The number of carbonyl (C=O) groups excluding carboxylic acids is 2. The minimum Gasteiger partial charge on any atom is -0.494 e. The topological polar surface area (TPSA) is 99.7 Å². The summed E-state index contributed by atoms with van der Waals surface area (Å²) in [6, 6.07) is 8.40. The zero-order valence-electron chi connectivity index (χ0n) is 15.8. The highest BCUT2D eigenvalue weighted by atomic mass is 19.1. The maximum Gasteiger partial charge on any atom is 0.251 e. The molecule has 0 bridgehead atoms. The number of methoxy groups -OCH3 is 1. The molecule has 2 amide bonds. The molecule has 0 saturated heterocycles. The van der Waals surface area contributed by atoms with Gasteiger partial charge in [0.05, 0.1) is 24.1 Å². The molecule has 0 unspecified atom stereocenters. The van der Waals surface area contributed by atoms with Crippen LogP contribution in [0.4, 0.5) is 15.8 Å². The standard InChI is InChI=1S/C20H22FN3O4/c1-20(2,27)17-19(26)24-15-9-12(5-7-14(15)23-17)18(25)22-10-11-4-6-13(21)16(8-11)28-3/h4-9,17,23,27H,10H2,1-3H3,(H,22,25)(H,24,26)/t17-/m1/s1. The SMILES string of the molecule is COc1cc(CNC(=O)c2ccc3c(c2)NC(=O)[C@H](C(C)(C)O)N3)ccc1F. The van der Waals surface area contributed by atoms with E-state index < -0.39 is 17.5 Å². The van der Waals surface area contributed by atoms with E-state index in [2.05, 4.69) is 16.0 Å².